The predicted molar refractivity (Wildman–Crippen MR) is 175 cm³/mol. The summed E-state index contributed by atoms with van der Waals surface area (Å²) in [6, 6.07) is 0. The molecule has 0 radical (unpaired) electrons. The van der Waals surface area contributed by atoms with Gasteiger partial charge in [-0.15, -0.1) is 0 Å². The van der Waals surface area contributed by atoms with Crippen molar-refractivity contribution >= 4 is 41.6 Å². The number of allylic oxidation sites excluding steroid dienone is 2. The molecule has 2 spiro atoms. The van der Waals surface area contributed by atoms with Crippen molar-refractivity contribution in [1.29, 1.82) is 0 Å². The molecule has 7 aliphatic rings. The Balaban J connectivity index is 1.65. The summed E-state index contributed by atoms with van der Waals surface area (Å²) >= 11 is 0. The maximum atomic E-state index is 14.1. The van der Waals surface area contributed by atoms with Crippen LogP contribution in [0.5, 0.6) is 0 Å². The highest BCUT2D eigenvalue weighted by atomic mass is 16.6. The molecule has 1 aliphatic heterocycles. The van der Waals surface area contributed by atoms with E-state index in [1.54, 1.807) is 26.8 Å². The Kier molecular flexibility index (Phi) is 8.86. The number of hydrogen-bond donors (Lipinski definition) is 0. The first-order valence-corrected chi connectivity index (χ1v) is 17.7. The van der Waals surface area contributed by atoms with E-state index in [4.69, 9.17) is 28.4 Å². The van der Waals surface area contributed by atoms with Gasteiger partial charge in [-0.25, -0.2) is 0 Å². The van der Waals surface area contributed by atoms with Crippen molar-refractivity contribution in [3.8, 4) is 0 Å². The van der Waals surface area contributed by atoms with Crippen molar-refractivity contribution in [3.63, 3.8) is 0 Å². The van der Waals surface area contributed by atoms with Crippen molar-refractivity contribution in [2.45, 2.75) is 112 Å². The van der Waals surface area contributed by atoms with Gasteiger partial charge in [0.2, 0.25) is 0 Å². The molecule has 51 heavy (non-hydrogen) atoms. The zero-order valence-corrected chi connectivity index (χ0v) is 30.6. The smallest absolute Gasteiger partial charge is 0.308 e. The highest BCUT2D eigenvalue weighted by Gasteiger charge is 2.84. The second kappa shape index (κ2) is 12.3. The van der Waals surface area contributed by atoms with Crippen molar-refractivity contribution < 1.29 is 62.0 Å². The molecule has 278 valence electrons. The maximum absolute atomic E-state index is 14.1. The molecular formula is C38H48O13. The Bertz CT molecular complexity index is 1640. The first-order chi connectivity index (χ1) is 23.7. The molecule has 0 amide bonds. The van der Waals surface area contributed by atoms with E-state index in [1.807, 2.05) is 19.9 Å². The fourth-order valence-electron chi connectivity index (χ4n) is 11.2. The van der Waals surface area contributed by atoms with E-state index in [1.165, 1.54) is 33.8 Å². The van der Waals surface area contributed by atoms with Crippen LogP contribution in [0.1, 0.15) is 81.6 Å². The van der Waals surface area contributed by atoms with Crippen LogP contribution in [0.4, 0.5) is 0 Å². The average molecular weight is 713 g/mol. The van der Waals surface area contributed by atoms with Crippen LogP contribution in [0.2, 0.25) is 0 Å². The third-order valence-corrected chi connectivity index (χ3v) is 12.7. The standard InChI is InChI=1S/C38H48O13/c1-17(2)34(45)51-33-28(48-19(4)40)30-35(7,8)25(47-18(3)39)10-11-37(30)16-38(33)14-23-13-24(43)27(22-12-26(44)46-15-22)36(23,9)32(50-21(6)42)29(31(37)38)49-20(5)41/h10-11,13,17,22,25,27-33H,12,14-16H2,1-9H3/t22-,25+,27+,28+,29-,30-,31+,32-,33+,36+,37+,38+/m0/s1. The van der Waals surface area contributed by atoms with Gasteiger partial charge in [0.05, 0.1) is 18.9 Å². The van der Waals surface area contributed by atoms with Crippen LogP contribution in [0.15, 0.2) is 23.8 Å². The highest BCUT2D eigenvalue weighted by molar-refractivity contribution is 5.97. The summed E-state index contributed by atoms with van der Waals surface area (Å²) in [5, 5.41) is 0. The number of cyclic esters (lactones) is 1. The zero-order valence-electron chi connectivity index (χ0n) is 30.6. The van der Waals surface area contributed by atoms with Gasteiger partial charge in [0.1, 0.15) is 30.5 Å². The Morgan fingerprint density at radius 3 is 1.92 bits per heavy atom. The maximum Gasteiger partial charge on any atom is 0.308 e. The molecule has 5 fully saturated rings. The molecule has 13 heteroatoms. The second-order valence-electron chi connectivity index (χ2n) is 16.5. The van der Waals surface area contributed by atoms with Crippen LogP contribution >= 0.6 is 0 Å². The highest BCUT2D eigenvalue weighted by Crippen LogP contribution is 2.80. The lowest BCUT2D eigenvalue weighted by Crippen LogP contribution is -2.80. The van der Waals surface area contributed by atoms with Crippen LogP contribution < -0.4 is 0 Å². The Hall–Kier alpha value is -4.03. The molecular weight excluding hydrogens is 664 g/mol. The van der Waals surface area contributed by atoms with Crippen molar-refractivity contribution in [1.82, 2.24) is 0 Å². The number of hydrogen-bond acceptors (Lipinski definition) is 13. The average Bonchev–Trinajstić information content (AvgIpc) is 3.50. The molecule has 1 saturated heterocycles. The summed E-state index contributed by atoms with van der Waals surface area (Å²) < 4.78 is 36.2. The van der Waals surface area contributed by atoms with Gasteiger partial charge in [-0.05, 0) is 25.0 Å². The summed E-state index contributed by atoms with van der Waals surface area (Å²) in [4.78, 5) is 91.6. The van der Waals surface area contributed by atoms with Gasteiger partial charge in [-0.2, -0.15) is 0 Å². The SMILES string of the molecule is CC(=O)O[C@H]1[C@@H](OC(=O)C(C)C)[C@@]23CC4=CC(=O)[C@@H]([C@@H]5COC(=O)C5)[C@]4(C)[C@@H](OC(C)=O)[C@@H](OC(C)=O)[C@@H]2[C@]2(C=C[C@@H](OC(C)=O)C(C)(C)[C@H]12)C3. The number of fused-ring (bicyclic) bond motifs is 2. The first-order valence-electron chi connectivity index (χ1n) is 17.7. The molecule has 12 atom stereocenters. The second-order valence-corrected chi connectivity index (χ2v) is 16.5. The van der Waals surface area contributed by atoms with Gasteiger partial charge in [0, 0.05) is 73.0 Å². The quantitative estimate of drug-likeness (QED) is 0.213. The number of carbonyl (C=O) groups is 7. The van der Waals surface area contributed by atoms with Crippen LogP contribution in [0.3, 0.4) is 0 Å². The van der Waals surface area contributed by atoms with Crippen molar-refractivity contribution in [3.05, 3.63) is 23.8 Å². The minimum Gasteiger partial charge on any atom is -0.465 e. The Morgan fingerprint density at radius 2 is 1.39 bits per heavy atom. The number of rotatable bonds is 7. The van der Waals surface area contributed by atoms with Gasteiger partial charge >= 0.3 is 35.8 Å². The fourth-order valence-corrected chi connectivity index (χ4v) is 11.2. The molecule has 0 unspecified atom stereocenters. The molecule has 2 bridgehead atoms. The van der Waals surface area contributed by atoms with E-state index >= 15 is 0 Å². The molecule has 13 nitrogen and oxygen atoms in total. The molecule has 4 saturated carbocycles. The summed E-state index contributed by atoms with van der Waals surface area (Å²) in [6.45, 7) is 14.0. The molecule has 1 heterocycles. The van der Waals surface area contributed by atoms with E-state index < -0.39 is 118 Å². The van der Waals surface area contributed by atoms with Gasteiger partial charge < -0.3 is 28.4 Å². The third-order valence-electron chi connectivity index (χ3n) is 12.7. The number of ketones is 1. The van der Waals surface area contributed by atoms with Crippen molar-refractivity contribution in [2.24, 2.45) is 51.2 Å². The fraction of sp³-hybridized carbons (Fsp3) is 0.711. The Labute approximate surface area is 297 Å². The lowest BCUT2D eigenvalue weighted by molar-refractivity contribution is -0.337. The zero-order chi connectivity index (χ0) is 37.6. The van der Waals surface area contributed by atoms with Gasteiger partial charge in [-0.1, -0.05) is 46.3 Å². The topological polar surface area (TPSA) is 175 Å². The first kappa shape index (κ1) is 36.8. The van der Waals surface area contributed by atoms with E-state index in [0.29, 0.717) is 12.0 Å². The third kappa shape index (κ3) is 5.43. The lowest BCUT2D eigenvalue weighted by atomic mass is 9.29. The van der Waals surface area contributed by atoms with E-state index in [-0.39, 0.29) is 25.2 Å². The van der Waals surface area contributed by atoms with Crippen LogP contribution in [-0.4, -0.2) is 78.7 Å². The Morgan fingerprint density at radius 1 is 0.804 bits per heavy atom. The molecule has 0 aromatic heterocycles. The van der Waals surface area contributed by atoms with Gasteiger partial charge in [0.25, 0.3) is 0 Å². The monoisotopic (exact) mass is 712 g/mol. The summed E-state index contributed by atoms with van der Waals surface area (Å²) in [6.07, 6.45) is 0.445. The summed E-state index contributed by atoms with van der Waals surface area (Å²) in [7, 11) is 0. The van der Waals surface area contributed by atoms with E-state index in [0.717, 1.165) is 0 Å². The van der Waals surface area contributed by atoms with Crippen molar-refractivity contribution in [2.75, 3.05) is 6.61 Å². The van der Waals surface area contributed by atoms with Gasteiger partial charge in [-0.3, -0.25) is 33.6 Å². The number of esters is 6. The van der Waals surface area contributed by atoms with E-state index in [2.05, 4.69) is 0 Å². The largest absolute Gasteiger partial charge is 0.465 e. The molecule has 0 aromatic rings. The molecule has 0 N–H and O–H groups in total. The number of carbonyl (C=O) groups excluding carboxylic acids is 7. The van der Waals surface area contributed by atoms with Crippen LogP contribution in [-0.2, 0) is 62.0 Å². The normalized spacial score (nSPS) is 41.4. The molecule has 6 aliphatic carbocycles. The van der Waals surface area contributed by atoms with Crippen LogP contribution in [0, 0.1) is 51.2 Å². The van der Waals surface area contributed by atoms with Gasteiger partial charge in [0.15, 0.2) is 5.78 Å². The summed E-state index contributed by atoms with van der Waals surface area (Å²) in [5.74, 6) is -7.06. The minimum absolute atomic E-state index is 0.00479. The molecule has 0 aromatic carbocycles. The predicted octanol–water partition coefficient (Wildman–Crippen LogP) is 3.60. The minimum atomic E-state index is -1.27. The van der Waals surface area contributed by atoms with E-state index in [9.17, 15) is 33.6 Å². The summed E-state index contributed by atoms with van der Waals surface area (Å²) in [5.41, 5.74) is -3.61. The lowest BCUT2D eigenvalue weighted by Gasteiger charge is -2.76. The number of ether oxygens (including phenoxy) is 6. The van der Waals surface area contributed by atoms with Crippen LogP contribution in [0.25, 0.3) is 0 Å². The molecule has 7 rings (SSSR count).